The van der Waals surface area contributed by atoms with Gasteiger partial charge in [-0.3, -0.25) is 4.79 Å². The summed E-state index contributed by atoms with van der Waals surface area (Å²) in [6.07, 6.45) is 4.45. The van der Waals surface area contributed by atoms with E-state index in [1.165, 1.54) is 12.4 Å². The molecule has 6 heteroatoms. The van der Waals surface area contributed by atoms with E-state index in [2.05, 4.69) is 15.3 Å². The first kappa shape index (κ1) is 12.9. The first-order valence-electron chi connectivity index (χ1n) is 5.36. The van der Waals surface area contributed by atoms with Gasteiger partial charge in [-0.15, -0.1) is 0 Å². The third-order valence-corrected chi connectivity index (χ3v) is 2.18. The molecule has 0 aromatic carbocycles. The van der Waals surface area contributed by atoms with Gasteiger partial charge < -0.3 is 10.4 Å². The van der Waals surface area contributed by atoms with Gasteiger partial charge in [0.1, 0.15) is 11.9 Å². The Morgan fingerprint density at radius 1 is 1.59 bits per heavy atom. The Kier molecular flexibility index (Phi) is 4.88. The monoisotopic (exact) mass is 234 g/mol. The Morgan fingerprint density at radius 2 is 2.35 bits per heavy atom. The van der Waals surface area contributed by atoms with Crippen LogP contribution in [0.2, 0.25) is 0 Å². The third-order valence-electron chi connectivity index (χ3n) is 2.18. The SMILES string of the molecule is CCCC(CC(=O)O)Nc1cnc(C#N)cn1. The number of nitrogens with one attached hydrogen (secondary N) is 1. The molecule has 1 atom stereocenters. The van der Waals surface area contributed by atoms with Crippen molar-refractivity contribution < 1.29 is 9.90 Å². The number of rotatable bonds is 6. The smallest absolute Gasteiger partial charge is 0.305 e. The normalized spacial score (nSPS) is 11.5. The Morgan fingerprint density at radius 3 is 2.82 bits per heavy atom. The van der Waals surface area contributed by atoms with Crippen LogP contribution < -0.4 is 5.32 Å². The summed E-state index contributed by atoms with van der Waals surface area (Å²) in [7, 11) is 0. The van der Waals surface area contributed by atoms with Crippen LogP contribution in [-0.2, 0) is 4.79 Å². The second-order valence-electron chi connectivity index (χ2n) is 3.63. The predicted molar refractivity (Wildman–Crippen MR) is 61.3 cm³/mol. The highest BCUT2D eigenvalue weighted by atomic mass is 16.4. The zero-order valence-electron chi connectivity index (χ0n) is 9.55. The zero-order valence-corrected chi connectivity index (χ0v) is 9.55. The van der Waals surface area contributed by atoms with Gasteiger partial charge in [-0.05, 0) is 6.42 Å². The van der Waals surface area contributed by atoms with Crippen LogP contribution in [0.15, 0.2) is 12.4 Å². The summed E-state index contributed by atoms with van der Waals surface area (Å²) in [6.45, 7) is 1.99. The maximum atomic E-state index is 10.7. The second-order valence-corrected chi connectivity index (χ2v) is 3.63. The fourth-order valence-electron chi connectivity index (χ4n) is 1.45. The largest absolute Gasteiger partial charge is 0.481 e. The van der Waals surface area contributed by atoms with Gasteiger partial charge >= 0.3 is 5.97 Å². The molecule has 0 saturated carbocycles. The molecule has 17 heavy (non-hydrogen) atoms. The Bertz CT molecular complexity index is 410. The number of nitriles is 1. The molecule has 1 rings (SSSR count). The molecule has 0 bridgehead atoms. The Balaban J connectivity index is 2.65. The third kappa shape index (κ3) is 4.47. The molecule has 0 radical (unpaired) electrons. The summed E-state index contributed by atoms with van der Waals surface area (Å²) in [5, 5.41) is 20.3. The number of hydrogen-bond acceptors (Lipinski definition) is 5. The highest BCUT2D eigenvalue weighted by molar-refractivity contribution is 5.68. The van der Waals surface area contributed by atoms with E-state index >= 15 is 0 Å². The molecule has 2 N–H and O–H groups in total. The first-order chi connectivity index (χ1) is 8.15. The van der Waals surface area contributed by atoms with Gasteiger partial charge in [-0.25, -0.2) is 9.97 Å². The first-order valence-corrected chi connectivity index (χ1v) is 5.36. The molecule has 1 unspecified atom stereocenters. The van der Waals surface area contributed by atoms with Gasteiger partial charge in [0, 0.05) is 6.04 Å². The highest BCUT2D eigenvalue weighted by Gasteiger charge is 2.12. The van der Waals surface area contributed by atoms with Crippen LogP contribution >= 0.6 is 0 Å². The second kappa shape index (κ2) is 6.43. The summed E-state index contributed by atoms with van der Waals surface area (Å²) < 4.78 is 0. The van der Waals surface area contributed by atoms with Crippen LogP contribution in [0, 0.1) is 11.3 Å². The lowest BCUT2D eigenvalue weighted by molar-refractivity contribution is -0.137. The topological polar surface area (TPSA) is 98.9 Å². The lowest BCUT2D eigenvalue weighted by atomic mass is 10.1. The fraction of sp³-hybridized carbons (Fsp3) is 0.455. The van der Waals surface area contributed by atoms with Gasteiger partial charge in [-0.2, -0.15) is 5.26 Å². The zero-order chi connectivity index (χ0) is 12.7. The number of carboxylic acid groups (broad SMARTS) is 1. The molecule has 0 aliphatic rings. The average Bonchev–Trinajstić information content (AvgIpc) is 2.29. The summed E-state index contributed by atoms with van der Waals surface area (Å²) in [4.78, 5) is 18.5. The van der Waals surface area contributed by atoms with E-state index in [9.17, 15) is 4.79 Å². The molecule has 0 amide bonds. The van der Waals surface area contributed by atoms with Crippen molar-refractivity contribution in [1.82, 2.24) is 9.97 Å². The molecule has 0 fully saturated rings. The summed E-state index contributed by atoms with van der Waals surface area (Å²) in [6, 6.07) is 1.70. The van der Waals surface area contributed by atoms with Gasteiger partial charge in [0.25, 0.3) is 0 Å². The lowest BCUT2D eigenvalue weighted by Gasteiger charge is -2.16. The Hall–Kier alpha value is -2.16. The van der Waals surface area contributed by atoms with E-state index in [-0.39, 0.29) is 18.2 Å². The number of hydrogen-bond donors (Lipinski definition) is 2. The minimum atomic E-state index is -0.849. The molecular weight excluding hydrogens is 220 g/mol. The van der Waals surface area contributed by atoms with E-state index in [0.29, 0.717) is 5.82 Å². The molecule has 1 heterocycles. The van der Waals surface area contributed by atoms with Crippen LogP contribution in [0.3, 0.4) is 0 Å². The van der Waals surface area contributed by atoms with Crippen LogP contribution in [0.25, 0.3) is 0 Å². The molecule has 90 valence electrons. The Labute approximate surface area is 99.3 Å². The van der Waals surface area contributed by atoms with Crippen molar-refractivity contribution in [3.8, 4) is 6.07 Å². The van der Waals surface area contributed by atoms with E-state index in [4.69, 9.17) is 10.4 Å². The number of nitrogens with zero attached hydrogens (tertiary/aromatic N) is 3. The van der Waals surface area contributed by atoms with Crippen LogP contribution in [0.1, 0.15) is 31.9 Å². The van der Waals surface area contributed by atoms with Gasteiger partial charge in [0.2, 0.25) is 0 Å². The number of carbonyl (C=O) groups is 1. The van der Waals surface area contributed by atoms with Gasteiger partial charge in [0.05, 0.1) is 18.8 Å². The van der Waals surface area contributed by atoms with E-state index in [1.807, 2.05) is 13.0 Å². The molecule has 0 spiro atoms. The summed E-state index contributed by atoms with van der Waals surface area (Å²) in [5.41, 5.74) is 0.237. The standard InChI is InChI=1S/C11H14N4O2/c1-2-3-8(4-11(16)17)15-10-7-13-9(5-12)6-14-10/h6-8H,2-4H2,1H3,(H,14,15)(H,16,17). The molecular formula is C11H14N4O2. The van der Waals surface area contributed by atoms with Crippen molar-refractivity contribution in [3.63, 3.8) is 0 Å². The molecule has 0 saturated heterocycles. The van der Waals surface area contributed by atoms with Crippen LogP contribution in [0.5, 0.6) is 0 Å². The predicted octanol–water partition coefficient (Wildman–Crippen LogP) is 1.40. The number of anilines is 1. The number of carboxylic acids is 1. The number of aromatic nitrogens is 2. The highest BCUT2D eigenvalue weighted by Crippen LogP contribution is 2.09. The summed E-state index contributed by atoms with van der Waals surface area (Å²) in [5.74, 6) is -0.360. The minimum absolute atomic E-state index is 0.0372. The van der Waals surface area contributed by atoms with Crippen LogP contribution in [0.4, 0.5) is 5.82 Å². The fourth-order valence-corrected chi connectivity index (χ4v) is 1.45. The maximum Gasteiger partial charge on any atom is 0.305 e. The average molecular weight is 234 g/mol. The van der Waals surface area contributed by atoms with Crippen LogP contribution in [-0.4, -0.2) is 27.1 Å². The van der Waals surface area contributed by atoms with E-state index in [1.54, 1.807) is 0 Å². The van der Waals surface area contributed by atoms with Crippen molar-refractivity contribution >= 4 is 11.8 Å². The quantitative estimate of drug-likeness (QED) is 0.771. The van der Waals surface area contributed by atoms with Crippen molar-refractivity contribution in [2.75, 3.05) is 5.32 Å². The van der Waals surface area contributed by atoms with Crippen molar-refractivity contribution in [1.29, 1.82) is 5.26 Å². The van der Waals surface area contributed by atoms with Gasteiger partial charge in [0.15, 0.2) is 5.69 Å². The minimum Gasteiger partial charge on any atom is -0.481 e. The van der Waals surface area contributed by atoms with Crippen molar-refractivity contribution in [2.24, 2.45) is 0 Å². The number of aliphatic carboxylic acids is 1. The van der Waals surface area contributed by atoms with Crippen molar-refractivity contribution in [2.45, 2.75) is 32.2 Å². The van der Waals surface area contributed by atoms with E-state index in [0.717, 1.165) is 12.8 Å². The summed E-state index contributed by atoms with van der Waals surface area (Å²) >= 11 is 0. The molecule has 1 aromatic rings. The molecule has 0 aliphatic heterocycles. The lowest BCUT2D eigenvalue weighted by Crippen LogP contribution is -2.23. The maximum absolute atomic E-state index is 10.7. The molecule has 0 aliphatic carbocycles. The molecule has 1 aromatic heterocycles. The van der Waals surface area contributed by atoms with E-state index < -0.39 is 5.97 Å². The molecule has 6 nitrogen and oxygen atoms in total. The van der Waals surface area contributed by atoms with Gasteiger partial charge in [-0.1, -0.05) is 13.3 Å². The van der Waals surface area contributed by atoms with Crippen molar-refractivity contribution in [3.05, 3.63) is 18.1 Å².